The van der Waals surface area contributed by atoms with Crippen molar-refractivity contribution in [3.8, 4) is 5.75 Å². The van der Waals surface area contributed by atoms with Crippen LogP contribution in [0, 0.1) is 11.8 Å². The quantitative estimate of drug-likeness (QED) is 0.416. The van der Waals surface area contributed by atoms with Crippen LogP contribution < -0.4 is 10.5 Å². The van der Waals surface area contributed by atoms with E-state index in [0.29, 0.717) is 43.2 Å². The minimum absolute atomic E-state index is 0.132. The first-order chi connectivity index (χ1) is 18.8. The number of benzene rings is 1. The van der Waals surface area contributed by atoms with Crippen molar-refractivity contribution in [3.63, 3.8) is 0 Å². The van der Waals surface area contributed by atoms with Crippen molar-refractivity contribution in [1.82, 2.24) is 19.4 Å². The fourth-order valence-electron chi connectivity index (χ4n) is 5.04. The lowest BCUT2D eigenvalue weighted by atomic mass is 9.92. The summed E-state index contributed by atoms with van der Waals surface area (Å²) in [5, 5.41) is 0. The van der Waals surface area contributed by atoms with Gasteiger partial charge in [-0.25, -0.2) is 9.78 Å². The summed E-state index contributed by atoms with van der Waals surface area (Å²) >= 11 is 0. The second-order valence-corrected chi connectivity index (χ2v) is 11.9. The van der Waals surface area contributed by atoms with Crippen LogP contribution in [0.5, 0.6) is 5.75 Å². The second-order valence-electron chi connectivity index (χ2n) is 11.9. The zero-order valence-corrected chi connectivity index (χ0v) is 24.9. The van der Waals surface area contributed by atoms with Crippen LogP contribution in [-0.2, 0) is 20.8 Å². The van der Waals surface area contributed by atoms with Crippen molar-refractivity contribution >= 4 is 28.9 Å². The lowest BCUT2D eigenvalue weighted by Gasteiger charge is -2.42. The van der Waals surface area contributed by atoms with Crippen LogP contribution in [0.4, 0.5) is 4.79 Å². The molecule has 1 fully saturated rings. The lowest BCUT2D eigenvalue weighted by Crippen LogP contribution is -2.57. The maximum absolute atomic E-state index is 14.3. The molecular weight excluding hydrogens is 514 g/mol. The molecule has 2 N–H and O–H groups in total. The summed E-state index contributed by atoms with van der Waals surface area (Å²) in [6.45, 7) is 11.4. The number of aryl methyl sites for hydroxylation is 1. The average molecular weight is 560 g/mol. The highest BCUT2D eigenvalue weighted by molar-refractivity contribution is 5.95. The average Bonchev–Trinajstić information content (AvgIpc) is 3.25. The molecule has 11 heteroatoms. The van der Waals surface area contributed by atoms with Crippen LogP contribution in [0.2, 0.25) is 0 Å². The Kier molecular flexibility index (Phi) is 10.4. The molecule has 40 heavy (non-hydrogen) atoms. The van der Waals surface area contributed by atoms with Gasteiger partial charge in [0.25, 0.3) is 5.91 Å². The first-order valence-electron chi connectivity index (χ1n) is 14.0. The Labute approximate surface area is 236 Å². The Morgan fingerprint density at radius 2 is 1.88 bits per heavy atom. The molecule has 1 unspecified atom stereocenters. The van der Waals surface area contributed by atoms with Crippen molar-refractivity contribution in [2.75, 3.05) is 40.5 Å². The fourth-order valence-corrected chi connectivity index (χ4v) is 5.04. The van der Waals surface area contributed by atoms with Gasteiger partial charge in [0.2, 0.25) is 5.91 Å². The Hall–Kier alpha value is -3.34. The number of carbonyl (C=O) groups is 3. The van der Waals surface area contributed by atoms with Gasteiger partial charge >= 0.3 is 6.09 Å². The summed E-state index contributed by atoms with van der Waals surface area (Å²) in [6, 6.07) is 5.11. The number of fused-ring (bicyclic) bond motifs is 1. The predicted octanol–water partition coefficient (Wildman–Crippen LogP) is 3.68. The third-order valence-electron chi connectivity index (χ3n) is 6.87. The Balaban J connectivity index is 2.01. The van der Waals surface area contributed by atoms with Gasteiger partial charge in [0.15, 0.2) is 5.82 Å². The largest absolute Gasteiger partial charge is 0.497 e. The Morgan fingerprint density at radius 1 is 1.15 bits per heavy atom. The van der Waals surface area contributed by atoms with Crippen LogP contribution in [0.1, 0.15) is 64.5 Å². The van der Waals surface area contributed by atoms with Crippen LogP contribution in [0.15, 0.2) is 18.2 Å². The van der Waals surface area contributed by atoms with Gasteiger partial charge in [-0.1, -0.05) is 13.8 Å². The number of nitrogens with zero attached hydrogens (tertiary/aromatic N) is 4. The number of piperidine rings is 1. The van der Waals surface area contributed by atoms with Crippen molar-refractivity contribution in [3.05, 3.63) is 24.0 Å². The monoisotopic (exact) mass is 559 g/mol. The van der Waals surface area contributed by atoms with E-state index in [1.165, 1.54) is 4.90 Å². The summed E-state index contributed by atoms with van der Waals surface area (Å²) in [5.41, 5.74) is 6.52. The standard InChI is InChI=1S/C29H45N5O6/c1-19(2)16-34(21-14-20(25(30)35)17-32(18-21)28(37)40-29(3,4)5)27(36)26-31-23-11-10-22(39-7)15-24(23)33(26)12-8-9-13-38-6/h10-11,15,19-21H,8-9,12-14,16-18H2,1-7H3,(H2,30,35)/t20?,21-/m0/s1. The SMILES string of the molecule is COCCCCn1c(C(=O)N(CC(C)C)[C@H]2CC(C(N)=O)CN(C(=O)OC(C)(C)C)C2)nc2ccc(OC)cc21. The summed E-state index contributed by atoms with van der Waals surface area (Å²) in [6.07, 6.45) is 1.45. The van der Waals surface area contributed by atoms with Gasteiger partial charge in [-0.3, -0.25) is 9.59 Å². The topological polar surface area (TPSA) is 129 Å². The number of aromatic nitrogens is 2. The normalized spacial score (nSPS) is 17.8. The molecule has 1 aromatic carbocycles. The zero-order chi connectivity index (χ0) is 29.6. The van der Waals surface area contributed by atoms with E-state index < -0.39 is 29.6 Å². The minimum atomic E-state index is -0.700. The number of likely N-dealkylation sites (tertiary alicyclic amines) is 1. The molecular formula is C29H45N5O6. The number of primary amides is 1. The molecule has 3 amide bonds. The summed E-state index contributed by atoms with van der Waals surface area (Å²) in [4.78, 5) is 47.7. The van der Waals surface area contributed by atoms with Crippen LogP contribution >= 0.6 is 0 Å². The van der Waals surface area contributed by atoms with Crippen LogP contribution in [0.25, 0.3) is 11.0 Å². The maximum Gasteiger partial charge on any atom is 0.410 e. The number of methoxy groups -OCH3 is 2. The summed E-state index contributed by atoms with van der Waals surface area (Å²) in [7, 11) is 3.27. The van der Waals surface area contributed by atoms with Crippen LogP contribution in [0.3, 0.4) is 0 Å². The van der Waals surface area contributed by atoms with Crippen LogP contribution in [-0.4, -0.2) is 89.4 Å². The molecule has 1 aliphatic heterocycles. The number of nitrogens with two attached hydrogens (primary N) is 1. The number of hydrogen-bond acceptors (Lipinski definition) is 7. The van der Waals surface area contributed by atoms with Crippen molar-refractivity contribution in [2.24, 2.45) is 17.6 Å². The van der Waals surface area contributed by atoms with Crippen molar-refractivity contribution in [1.29, 1.82) is 0 Å². The van der Waals surface area contributed by atoms with Crippen molar-refractivity contribution < 1.29 is 28.6 Å². The highest BCUT2D eigenvalue weighted by atomic mass is 16.6. The second kappa shape index (κ2) is 13.3. The van der Waals surface area contributed by atoms with Crippen molar-refractivity contribution in [2.45, 2.75) is 72.1 Å². The van der Waals surface area contributed by atoms with E-state index in [1.807, 2.05) is 36.6 Å². The maximum atomic E-state index is 14.3. The van der Waals surface area contributed by atoms with Gasteiger partial charge in [-0.15, -0.1) is 0 Å². The Morgan fingerprint density at radius 3 is 2.48 bits per heavy atom. The molecule has 222 valence electrons. The van der Waals surface area contributed by atoms with Gasteiger partial charge < -0.3 is 34.3 Å². The number of imidazole rings is 1. The molecule has 0 radical (unpaired) electrons. The van der Waals surface area contributed by atoms with Gasteiger partial charge in [0.1, 0.15) is 11.4 Å². The van der Waals surface area contributed by atoms with E-state index in [4.69, 9.17) is 24.9 Å². The zero-order valence-electron chi connectivity index (χ0n) is 24.9. The molecule has 3 rings (SSSR count). The number of unbranched alkanes of at least 4 members (excludes halogenated alkanes) is 1. The highest BCUT2D eigenvalue weighted by Crippen LogP contribution is 2.28. The van der Waals surface area contributed by atoms with E-state index in [-0.39, 0.29) is 24.9 Å². The van der Waals surface area contributed by atoms with Gasteiger partial charge in [0, 0.05) is 46.0 Å². The summed E-state index contributed by atoms with van der Waals surface area (Å²) in [5.74, 6) is -0.250. The molecule has 11 nitrogen and oxygen atoms in total. The number of hydrogen-bond donors (Lipinski definition) is 1. The molecule has 1 saturated heterocycles. The fraction of sp³-hybridized carbons (Fsp3) is 0.655. The molecule has 2 heterocycles. The smallest absolute Gasteiger partial charge is 0.410 e. The first kappa shape index (κ1) is 31.2. The third-order valence-corrected chi connectivity index (χ3v) is 6.87. The van der Waals surface area contributed by atoms with E-state index in [0.717, 1.165) is 18.4 Å². The van der Waals surface area contributed by atoms with Gasteiger partial charge in [-0.05, 0) is 58.1 Å². The molecule has 2 aromatic rings. The highest BCUT2D eigenvalue weighted by Gasteiger charge is 2.40. The Bertz CT molecular complexity index is 1190. The third kappa shape index (κ3) is 7.87. The number of ether oxygens (including phenoxy) is 3. The van der Waals surface area contributed by atoms with E-state index >= 15 is 0 Å². The van der Waals surface area contributed by atoms with Gasteiger partial charge in [0.05, 0.1) is 30.1 Å². The summed E-state index contributed by atoms with van der Waals surface area (Å²) < 4.78 is 18.2. The molecule has 1 aliphatic rings. The van der Waals surface area contributed by atoms with E-state index in [9.17, 15) is 14.4 Å². The van der Waals surface area contributed by atoms with E-state index in [2.05, 4.69) is 0 Å². The molecule has 1 aromatic heterocycles. The molecule has 0 bridgehead atoms. The van der Waals surface area contributed by atoms with Gasteiger partial charge in [-0.2, -0.15) is 0 Å². The minimum Gasteiger partial charge on any atom is -0.497 e. The van der Waals surface area contributed by atoms with E-state index in [1.54, 1.807) is 39.9 Å². The number of rotatable bonds is 11. The molecule has 0 spiro atoms. The number of amides is 3. The molecule has 0 aliphatic carbocycles. The molecule has 0 saturated carbocycles. The first-order valence-corrected chi connectivity index (χ1v) is 14.0. The lowest BCUT2D eigenvalue weighted by molar-refractivity contribution is -0.124. The number of carbonyl (C=O) groups excluding carboxylic acids is 3. The molecule has 2 atom stereocenters. The predicted molar refractivity (Wildman–Crippen MR) is 152 cm³/mol.